The molecule has 1 amide bonds. The summed E-state index contributed by atoms with van der Waals surface area (Å²) in [6.07, 6.45) is 3.45. The average molecular weight is 381 g/mol. The number of carbonyl (C=O) groups is 2. The minimum absolute atomic E-state index is 0.272. The van der Waals surface area contributed by atoms with Crippen LogP contribution in [0.5, 0.6) is 0 Å². The summed E-state index contributed by atoms with van der Waals surface area (Å²) in [6.45, 7) is 0.0582. The van der Waals surface area contributed by atoms with Crippen LogP contribution in [0.1, 0.15) is 26.6 Å². The molecule has 0 aliphatic heterocycles. The van der Waals surface area contributed by atoms with E-state index >= 15 is 0 Å². The van der Waals surface area contributed by atoms with Gasteiger partial charge in [-0.1, -0.05) is 24.3 Å². The monoisotopic (exact) mass is 381 g/mol. The third-order valence-corrected chi connectivity index (χ3v) is 5.85. The summed E-state index contributed by atoms with van der Waals surface area (Å²) >= 11 is 1.44. The molecule has 0 saturated heterocycles. The van der Waals surface area contributed by atoms with Crippen LogP contribution in [0.25, 0.3) is 10.4 Å². The van der Waals surface area contributed by atoms with E-state index in [1.807, 2.05) is 18.2 Å². The van der Waals surface area contributed by atoms with Gasteiger partial charge in [-0.2, -0.15) is 0 Å². The molecule has 2 aromatic heterocycles. The maximum Gasteiger partial charge on any atom is 0.348 e. The number of esters is 1. The van der Waals surface area contributed by atoms with E-state index in [4.69, 9.17) is 9.15 Å². The molecule has 0 radical (unpaired) electrons. The molecule has 138 valence electrons. The number of nitrogens with zero attached hydrogens (tertiary/aromatic N) is 1. The van der Waals surface area contributed by atoms with E-state index in [2.05, 4.69) is 12.1 Å². The molecule has 4 rings (SSSR count). The Morgan fingerprint density at radius 3 is 2.78 bits per heavy atom. The van der Waals surface area contributed by atoms with Crippen LogP contribution in [-0.2, 0) is 28.9 Å². The summed E-state index contributed by atoms with van der Waals surface area (Å²) in [5.74, 6) is -0.0418. The number of amides is 1. The number of benzene rings is 1. The standard InChI is InChI=1S/C21H19NO4S/c1-22(12-16-6-4-10-25-16)19(23)13-26-21(24)18-11-15-9-8-14-5-2-3-7-17(14)20(15)27-18/h2-7,10-11H,8-9,12-13H2,1H3. The van der Waals surface area contributed by atoms with Crippen LogP contribution in [0.15, 0.2) is 53.1 Å². The van der Waals surface area contributed by atoms with Crippen molar-refractivity contribution in [3.05, 3.63) is 70.5 Å². The molecule has 1 aliphatic rings. The molecule has 1 aliphatic carbocycles. The molecule has 6 heteroatoms. The second-order valence-electron chi connectivity index (χ2n) is 6.53. The molecule has 0 atom stereocenters. The van der Waals surface area contributed by atoms with Crippen molar-refractivity contribution < 1.29 is 18.7 Å². The number of thiophene rings is 1. The van der Waals surface area contributed by atoms with E-state index in [9.17, 15) is 9.59 Å². The SMILES string of the molecule is CN(Cc1ccco1)C(=O)COC(=O)c1cc2c(s1)-c1ccccc1CC2. The fraction of sp³-hybridized carbons (Fsp3) is 0.238. The zero-order valence-corrected chi connectivity index (χ0v) is 15.8. The van der Waals surface area contributed by atoms with Crippen molar-refractivity contribution >= 4 is 23.2 Å². The van der Waals surface area contributed by atoms with E-state index in [1.54, 1.807) is 25.4 Å². The Bertz CT molecular complexity index is 974. The minimum Gasteiger partial charge on any atom is -0.467 e. The van der Waals surface area contributed by atoms with Crippen molar-refractivity contribution in [1.29, 1.82) is 0 Å². The maximum absolute atomic E-state index is 12.4. The molecule has 0 saturated carbocycles. The van der Waals surface area contributed by atoms with E-state index in [0.717, 1.165) is 17.7 Å². The van der Waals surface area contributed by atoms with Crippen molar-refractivity contribution in [2.45, 2.75) is 19.4 Å². The van der Waals surface area contributed by atoms with E-state index in [-0.39, 0.29) is 12.5 Å². The van der Waals surface area contributed by atoms with Crippen molar-refractivity contribution in [1.82, 2.24) is 4.90 Å². The average Bonchev–Trinajstić information content (AvgIpc) is 3.35. The number of rotatable bonds is 5. The van der Waals surface area contributed by atoms with Crippen LogP contribution in [0, 0.1) is 0 Å². The van der Waals surface area contributed by atoms with Gasteiger partial charge in [-0.05, 0) is 47.7 Å². The zero-order valence-electron chi connectivity index (χ0n) is 14.9. The predicted octanol–water partition coefficient (Wildman–Crippen LogP) is 3.92. The molecule has 2 heterocycles. The molecule has 3 aromatic rings. The second-order valence-corrected chi connectivity index (χ2v) is 7.58. The van der Waals surface area contributed by atoms with Crippen molar-refractivity contribution in [2.24, 2.45) is 0 Å². The largest absolute Gasteiger partial charge is 0.467 e. The molecule has 1 aromatic carbocycles. The topological polar surface area (TPSA) is 59.8 Å². The Morgan fingerprint density at radius 1 is 1.15 bits per heavy atom. The molecule has 27 heavy (non-hydrogen) atoms. The fourth-order valence-electron chi connectivity index (χ4n) is 3.21. The van der Waals surface area contributed by atoms with Crippen molar-refractivity contribution in [3.8, 4) is 10.4 Å². The van der Waals surface area contributed by atoms with Crippen LogP contribution in [0.2, 0.25) is 0 Å². The van der Waals surface area contributed by atoms with Crippen LogP contribution in [0.3, 0.4) is 0 Å². The first-order valence-corrected chi connectivity index (χ1v) is 9.58. The lowest BCUT2D eigenvalue weighted by Crippen LogP contribution is -2.30. The van der Waals surface area contributed by atoms with E-state index in [1.165, 1.54) is 32.9 Å². The number of ether oxygens (including phenoxy) is 1. The molecule has 5 nitrogen and oxygen atoms in total. The quantitative estimate of drug-likeness (QED) is 0.629. The number of likely N-dealkylation sites (N-methyl/N-ethyl adjacent to an activating group) is 1. The van der Waals surface area contributed by atoms with Gasteiger partial charge < -0.3 is 14.1 Å². The molecule has 0 fully saturated rings. The van der Waals surface area contributed by atoms with E-state index < -0.39 is 5.97 Å². The normalized spacial score (nSPS) is 12.2. The molecule has 0 spiro atoms. The highest BCUT2D eigenvalue weighted by Gasteiger charge is 2.22. The van der Waals surface area contributed by atoms with Crippen molar-refractivity contribution in [2.75, 3.05) is 13.7 Å². The molecule has 0 N–H and O–H groups in total. The number of hydrogen-bond acceptors (Lipinski definition) is 5. The Labute approximate surface area is 161 Å². The highest BCUT2D eigenvalue weighted by atomic mass is 32.1. The lowest BCUT2D eigenvalue weighted by Gasteiger charge is -2.15. The minimum atomic E-state index is -0.452. The van der Waals surface area contributed by atoms with Gasteiger partial charge in [0.25, 0.3) is 5.91 Å². The first-order chi connectivity index (χ1) is 13.1. The maximum atomic E-state index is 12.4. The number of carbonyl (C=O) groups excluding carboxylic acids is 2. The number of furan rings is 1. The Morgan fingerprint density at radius 2 is 1.96 bits per heavy atom. The molecular weight excluding hydrogens is 362 g/mol. The molecular formula is C21H19NO4S. The van der Waals surface area contributed by atoms with Gasteiger partial charge in [0.1, 0.15) is 10.6 Å². The van der Waals surface area contributed by atoms with E-state index in [0.29, 0.717) is 17.2 Å². The Kier molecular flexibility index (Phi) is 4.81. The first-order valence-electron chi connectivity index (χ1n) is 8.76. The van der Waals surface area contributed by atoms with Gasteiger partial charge in [0, 0.05) is 11.9 Å². The fourth-order valence-corrected chi connectivity index (χ4v) is 4.37. The summed E-state index contributed by atoms with van der Waals surface area (Å²) in [5.41, 5.74) is 3.67. The van der Waals surface area contributed by atoms with Crippen LogP contribution >= 0.6 is 11.3 Å². The second kappa shape index (κ2) is 7.40. The third-order valence-electron chi connectivity index (χ3n) is 4.66. The third kappa shape index (κ3) is 3.66. The van der Waals surface area contributed by atoms with Gasteiger partial charge in [0.2, 0.25) is 0 Å². The number of aryl methyl sites for hydroxylation is 2. The van der Waals surface area contributed by atoms with Crippen LogP contribution in [-0.4, -0.2) is 30.4 Å². The summed E-state index contributed by atoms with van der Waals surface area (Å²) in [6, 6.07) is 13.7. The lowest BCUT2D eigenvalue weighted by molar-refractivity contribution is -0.133. The van der Waals surface area contributed by atoms with Gasteiger partial charge in [0.15, 0.2) is 6.61 Å². The lowest BCUT2D eigenvalue weighted by atomic mass is 9.91. The summed E-state index contributed by atoms with van der Waals surface area (Å²) < 4.78 is 10.5. The first kappa shape index (κ1) is 17.5. The van der Waals surface area contributed by atoms with Gasteiger partial charge in [-0.25, -0.2) is 4.79 Å². The van der Waals surface area contributed by atoms with Gasteiger partial charge in [-0.3, -0.25) is 4.79 Å². The van der Waals surface area contributed by atoms with Gasteiger partial charge in [-0.15, -0.1) is 11.3 Å². The zero-order chi connectivity index (χ0) is 18.8. The number of fused-ring (bicyclic) bond motifs is 3. The summed E-state index contributed by atoms with van der Waals surface area (Å²) in [4.78, 5) is 27.7. The highest BCUT2D eigenvalue weighted by Crippen LogP contribution is 2.39. The number of hydrogen-bond donors (Lipinski definition) is 0. The smallest absolute Gasteiger partial charge is 0.348 e. The predicted molar refractivity (Wildman–Crippen MR) is 103 cm³/mol. The van der Waals surface area contributed by atoms with Gasteiger partial charge in [0.05, 0.1) is 12.8 Å². The summed E-state index contributed by atoms with van der Waals surface area (Å²) in [7, 11) is 1.65. The van der Waals surface area contributed by atoms with Gasteiger partial charge >= 0.3 is 5.97 Å². The van der Waals surface area contributed by atoms with Crippen LogP contribution < -0.4 is 0 Å². The highest BCUT2D eigenvalue weighted by molar-refractivity contribution is 7.17. The Balaban J connectivity index is 1.40. The summed E-state index contributed by atoms with van der Waals surface area (Å²) in [5, 5.41) is 0. The van der Waals surface area contributed by atoms with Crippen molar-refractivity contribution in [3.63, 3.8) is 0 Å². The molecule has 0 unspecified atom stereocenters. The van der Waals surface area contributed by atoms with Crippen LogP contribution in [0.4, 0.5) is 0 Å². The Hall–Kier alpha value is -2.86. The molecule has 0 bridgehead atoms.